The third-order valence-electron chi connectivity index (χ3n) is 5.69. The molecule has 1 fully saturated rings. The molecule has 0 aliphatic carbocycles. The Morgan fingerprint density at radius 1 is 1.27 bits per heavy atom. The molecule has 0 radical (unpaired) electrons. The first kappa shape index (κ1) is 22.2. The van der Waals surface area contributed by atoms with E-state index in [0.29, 0.717) is 33.9 Å². The summed E-state index contributed by atoms with van der Waals surface area (Å²) < 4.78 is 39.0. The molecule has 2 aromatic rings. The fourth-order valence-corrected chi connectivity index (χ4v) is 4.10. The third kappa shape index (κ3) is 4.64. The van der Waals surface area contributed by atoms with Gasteiger partial charge in [-0.1, -0.05) is 13.0 Å². The Kier molecular flexibility index (Phi) is 6.45. The van der Waals surface area contributed by atoms with Crippen LogP contribution in [0.4, 0.5) is 19.0 Å². The summed E-state index contributed by atoms with van der Waals surface area (Å²) in [5.74, 6) is 0.566. The molecule has 1 aliphatic rings. The summed E-state index contributed by atoms with van der Waals surface area (Å²) in [6.07, 6.45) is -2.27. The summed E-state index contributed by atoms with van der Waals surface area (Å²) in [5, 5.41) is 20.4. The van der Waals surface area contributed by atoms with Crippen LogP contribution in [0.1, 0.15) is 48.9 Å². The van der Waals surface area contributed by atoms with E-state index in [1.54, 1.807) is 13.8 Å². The maximum atomic E-state index is 13.0. The summed E-state index contributed by atoms with van der Waals surface area (Å²) >= 11 is 0. The first-order valence-electron chi connectivity index (χ1n) is 10.2. The van der Waals surface area contributed by atoms with E-state index in [1.165, 1.54) is 6.07 Å². The number of halogens is 3. The normalized spacial score (nSPS) is 17.8. The lowest BCUT2D eigenvalue weighted by molar-refractivity contribution is -0.137. The average Bonchev–Trinajstić information content (AvgIpc) is 2.68. The number of aryl methyl sites for hydroxylation is 1. The van der Waals surface area contributed by atoms with Gasteiger partial charge in [0.25, 0.3) is 0 Å². The van der Waals surface area contributed by atoms with Crippen LogP contribution in [0.2, 0.25) is 0 Å². The summed E-state index contributed by atoms with van der Waals surface area (Å²) in [5.41, 5.74) is 2.64. The van der Waals surface area contributed by atoms with Crippen molar-refractivity contribution in [1.82, 2.24) is 15.1 Å². The maximum absolute atomic E-state index is 13.0. The van der Waals surface area contributed by atoms with Crippen molar-refractivity contribution in [2.45, 2.75) is 52.8 Å². The third-order valence-corrected chi connectivity index (χ3v) is 5.69. The SMILES string of the molecule is CCN1CCCC(Nc2nnc(-c3ccc(C(F)(F)F)cc3C)c(C)c2C(C)=N)C1. The minimum Gasteiger partial charge on any atom is -0.364 e. The van der Waals surface area contributed by atoms with Gasteiger partial charge in [-0.25, -0.2) is 0 Å². The Balaban J connectivity index is 1.97. The standard InChI is InChI=1S/C22H28F3N5/c1-5-30-10-6-7-17(12-30)27-21-19(15(4)26)14(3)20(28-29-21)18-9-8-16(11-13(18)2)22(23,24)25/h8-9,11,17,26H,5-7,10,12H2,1-4H3,(H,27,29). The van der Waals surface area contributed by atoms with E-state index < -0.39 is 11.7 Å². The number of nitrogens with zero attached hydrogens (tertiary/aromatic N) is 3. The van der Waals surface area contributed by atoms with Gasteiger partial charge < -0.3 is 15.6 Å². The number of likely N-dealkylation sites (tertiary alicyclic amines) is 1. The first-order valence-corrected chi connectivity index (χ1v) is 10.2. The summed E-state index contributed by atoms with van der Waals surface area (Å²) in [7, 11) is 0. The molecule has 0 bridgehead atoms. The molecule has 0 spiro atoms. The van der Waals surface area contributed by atoms with E-state index in [1.807, 2.05) is 6.92 Å². The molecular formula is C22H28F3N5. The molecule has 1 saturated heterocycles. The Bertz CT molecular complexity index is 939. The minimum absolute atomic E-state index is 0.226. The number of rotatable bonds is 5. The number of nitrogens with one attached hydrogen (secondary N) is 2. The monoisotopic (exact) mass is 419 g/mol. The van der Waals surface area contributed by atoms with Crippen molar-refractivity contribution in [3.8, 4) is 11.3 Å². The van der Waals surface area contributed by atoms with Crippen LogP contribution in [-0.2, 0) is 6.18 Å². The van der Waals surface area contributed by atoms with Crippen LogP contribution in [0, 0.1) is 19.3 Å². The molecule has 30 heavy (non-hydrogen) atoms. The van der Waals surface area contributed by atoms with Crippen molar-refractivity contribution in [3.05, 3.63) is 40.5 Å². The molecule has 162 valence electrons. The highest BCUT2D eigenvalue weighted by molar-refractivity contribution is 6.03. The molecule has 3 rings (SSSR count). The Morgan fingerprint density at radius 2 is 2.00 bits per heavy atom. The van der Waals surface area contributed by atoms with Crippen molar-refractivity contribution < 1.29 is 13.2 Å². The van der Waals surface area contributed by atoms with E-state index >= 15 is 0 Å². The van der Waals surface area contributed by atoms with E-state index in [0.717, 1.165) is 50.2 Å². The topological polar surface area (TPSA) is 64.9 Å². The van der Waals surface area contributed by atoms with Crippen LogP contribution >= 0.6 is 0 Å². The van der Waals surface area contributed by atoms with Gasteiger partial charge in [0.05, 0.1) is 11.3 Å². The fourth-order valence-electron chi connectivity index (χ4n) is 4.10. The molecule has 2 heterocycles. The van der Waals surface area contributed by atoms with Gasteiger partial charge in [-0.3, -0.25) is 0 Å². The van der Waals surface area contributed by atoms with E-state index in [9.17, 15) is 13.2 Å². The number of alkyl halides is 3. The number of hydrogen-bond acceptors (Lipinski definition) is 5. The van der Waals surface area contributed by atoms with Crippen LogP contribution in [0.25, 0.3) is 11.3 Å². The second-order valence-corrected chi connectivity index (χ2v) is 7.93. The average molecular weight is 419 g/mol. The van der Waals surface area contributed by atoms with Gasteiger partial charge in [-0.05, 0) is 70.0 Å². The van der Waals surface area contributed by atoms with Gasteiger partial charge in [0.15, 0.2) is 5.82 Å². The zero-order valence-corrected chi connectivity index (χ0v) is 17.8. The van der Waals surface area contributed by atoms with Gasteiger partial charge in [0, 0.05) is 29.4 Å². The van der Waals surface area contributed by atoms with Gasteiger partial charge in [0.1, 0.15) is 0 Å². The van der Waals surface area contributed by atoms with Crippen molar-refractivity contribution in [2.75, 3.05) is 25.0 Å². The number of benzene rings is 1. The highest BCUT2D eigenvalue weighted by atomic mass is 19.4. The molecule has 5 nitrogen and oxygen atoms in total. The predicted molar refractivity (Wildman–Crippen MR) is 113 cm³/mol. The quantitative estimate of drug-likeness (QED) is 0.665. The van der Waals surface area contributed by atoms with E-state index in [4.69, 9.17) is 5.41 Å². The minimum atomic E-state index is -4.39. The van der Waals surface area contributed by atoms with Crippen molar-refractivity contribution >= 4 is 11.5 Å². The lowest BCUT2D eigenvalue weighted by Crippen LogP contribution is -2.42. The molecule has 2 N–H and O–H groups in total. The highest BCUT2D eigenvalue weighted by Crippen LogP contribution is 2.34. The Labute approximate surface area is 175 Å². The molecule has 1 atom stereocenters. The molecule has 1 aliphatic heterocycles. The molecule has 1 aromatic heterocycles. The van der Waals surface area contributed by atoms with E-state index in [-0.39, 0.29) is 6.04 Å². The van der Waals surface area contributed by atoms with Crippen LogP contribution < -0.4 is 5.32 Å². The molecule has 8 heteroatoms. The lowest BCUT2D eigenvalue weighted by Gasteiger charge is -2.33. The van der Waals surface area contributed by atoms with Crippen LogP contribution in [-0.4, -0.2) is 46.5 Å². The largest absolute Gasteiger partial charge is 0.416 e. The maximum Gasteiger partial charge on any atom is 0.416 e. The molecular weight excluding hydrogens is 391 g/mol. The van der Waals surface area contributed by atoms with Crippen molar-refractivity contribution in [2.24, 2.45) is 0 Å². The summed E-state index contributed by atoms with van der Waals surface area (Å²) in [6.45, 7) is 10.3. The molecule has 0 amide bonds. The number of likely N-dealkylation sites (N-methyl/N-ethyl adjacent to an activating group) is 1. The van der Waals surface area contributed by atoms with Gasteiger partial charge in [-0.2, -0.15) is 13.2 Å². The number of piperidine rings is 1. The van der Waals surface area contributed by atoms with Crippen LogP contribution in [0.5, 0.6) is 0 Å². The molecule has 1 aromatic carbocycles. The van der Waals surface area contributed by atoms with Gasteiger partial charge in [0.2, 0.25) is 0 Å². The van der Waals surface area contributed by atoms with Crippen molar-refractivity contribution in [1.29, 1.82) is 5.41 Å². The Morgan fingerprint density at radius 3 is 2.60 bits per heavy atom. The zero-order valence-electron chi connectivity index (χ0n) is 17.8. The smallest absolute Gasteiger partial charge is 0.364 e. The molecule has 1 unspecified atom stereocenters. The van der Waals surface area contributed by atoms with Crippen molar-refractivity contribution in [3.63, 3.8) is 0 Å². The molecule has 0 saturated carbocycles. The van der Waals surface area contributed by atoms with Gasteiger partial charge in [-0.15, -0.1) is 10.2 Å². The zero-order chi connectivity index (χ0) is 22.1. The number of anilines is 1. The second kappa shape index (κ2) is 8.71. The first-order chi connectivity index (χ1) is 14.1. The highest BCUT2D eigenvalue weighted by Gasteiger charge is 2.31. The van der Waals surface area contributed by atoms with E-state index in [2.05, 4.69) is 27.3 Å². The number of aromatic nitrogens is 2. The summed E-state index contributed by atoms with van der Waals surface area (Å²) in [6, 6.07) is 3.85. The Hall–Kier alpha value is -2.48. The fraction of sp³-hybridized carbons (Fsp3) is 0.500. The van der Waals surface area contributed by atoms with Gasteiger partial charge >= 0.3 is 6.18 Å². The lowest BCUT2D eigenvalue weighted by atomic mass is 9.96. The second-order valence-electron chi connectivity index (χ2n) is 7.93. The van der Waals surface area contributed by atoms with Crippen LogP contribution in [0.3, 0.4) is 0 Å². The summed E-state index contributed by atoms with van der Waals surface area (Å²) in [4.78, 5) is 2.37. The number of hydrogen-bond donors (Lipinski definition) is 2. The predicted octanol–water partition coefficient (Wildman–Crippen LogP) is 5.06. The van der Waals surface area contributed by atoms with Crippen LogP contribution in [0.15, 0.2) is 18.2 Å².